The quantitative estimate of drug-likeness (QED) is 0.385. The highest BCUT2D eigenvalue weighted by Crippen LogP contribution is 2.75. The Morgan fingerprint density at radius 2 is 1.65 bits per heavy atom. The van der Waals surface area contributed by atoms with Crippen LogP contribution in [0.15, 0.2) is 30.3 Å². The lowest BCUT2D eigenvalue weighted by atomic mass is 9.47. The Labute approximate surface area is 154 Å². The topological polar surface area (TPSA) is 0 Å². The molecule has 0 N–H and O–H groups in total. The van der Waals surface area contributed by atoms with Crippen LogP contribution in [0.25, 0.3) is 0 Å². The second kappa shape index (κ2) is 4.58. The zero-order valence-electron chi connectivity index (χ0n) is 11.0. The second-order valence-electron chi connectivity index (χ2n) is 6.76. The van der Waals surface area contributed by atoms with Gasteiger partial charge in [-0.2, -0.15) is 0 Å². The molecule has 5 atom stereocenters. The summed E-state index contributed by atoms with van der Waals surface area (Å²) in [5.74, 6) is 1.61. The number of halogens is 4. The highest BCUT2D eigenvalue weighted by Gasteiger charge is 2.73. The lowest BCUT2D eigenvalue weighted by Gasteiger charge is -2.69. The molecule has 4 fully saturated rings. The standard InChI is InChI=1S/C16H16Br4/c17-13-11-6-10-7-14(9-11,12-4-2-1-3-5-12)16(19,20)15(13,18)8-10/h1-5,10-11,13H,6-9H2. The Morgan fingerprint density at radius 3 is 2.35 bits per heavy atom. The minimum absolute atomic E-state index is 0.0833. The van der Waals surface area contributed by atoms with Crippen LogP contribution in [-0.2, 0) is 5.41 Å². The summed E-state index contributed by atoms with van der Waals surface area (Å²) in [6, 6.07) is 11.1. The van der Waals surface area contributed by atoms with E-state index in [1.165, 1.54) is 31.2 Å². The van der Waals surface area contributed by atoms with Gasteiger partial charge >= 0.3 is 0 Å². The van der Waals surface area contributed by atoms with Gasteiger partial charge in [-0.05, 0) is 43.1 Å². The normalized spacial score (nSPS) is 48.5. The molecule has 4 bridgehead atoms. The summed E-state index contributed by atoms with van der Waals surface area (Å²) < 4.78 is -0.0110. The third kappa shape index (κ3) is 1.63. The molecule has 0 aliphatic heterocycles. The predicted molar refractivity (Wildman–Crippen MR) is 98.5 cm³/mol. The van der Waals surface area contributed by atoms with Crippen LogP contribution in [0.2, 0.25) is 0 Å². The van der Waals surface area contributed by atoms with Crippen molar-refractivity contribution in [1.82, 2.24) is 0 Å². The average Bonchev–Trinajstić information content (AvgIpc) is 2.44. The van der Waals surface area contributed by atoms with E-state index in [-0.39, 0.29) is 13.0 Å². The van der Waals surface area contributed by atoms with Gasteiger partial charge in [-0.3, -0.25) is 0 Å². The van der Waals surface area contributed by atoms with Crippen LogP contribution in [0.5, 0.6) is 0 Å². The molecule has 0 nitrogen and oxygen atoms in total. The largest absolute Gasteiger partial charge is 0.106 e. The first-order valence-corrected chi connectivity index (χ1v) is 10.5. The second-order valence-corrected chi connectivity index (χ2v) is 12.6. The fourth-order valence-corrected chi connectivity index (χ4v) is 9.71. The van der Waals surface area contributed by atoms with Gasteiger partial charge in [0.05, 0.1) is 4.32 Å². The number of hydrogen-bond acceptors (Lipinski definition) is 0. The smallest absolute Gasteiger partial charge is 0.0872 e. The maximum atomic E-state index is 4.14. The fourth-order valence-electron chi connectivity index (χ4n) is 5.03. The van der Waals surface area contributed by atoms with Gasteiger partial charge in [0, 0.05) is 10.2 Å². The number of rotatable bonds is 1. The van der Waals surface area contributed by atoms with Gasteiger partial charge < -0.3 is 0 Å². The summed E-state index contributed by atoms with van der Waals surface area (Å²) in [7, 11) is 0. The Bertz CT molecular complexity index is 543. The van der Waals surface area contributed by atoms with Crippen molar-refractivity contribution in [2.75, 3.05) is 0 Å². The highest BCUT2D eigenvalue weighted by molar-refractivity contribution is 9.26. The predicted octanol–water partition coefficient (Wildman–Crippen LogP) is 6.14. The molecular weight excluding hydrogens is 512 g/mol. The van der Waals surface area contributed by atoms with E-state index in [2.05, 4.69) is 94.1 Å². The van der Waals surface area contributed by atoms with E-state index in [0.717, 1.165) is 11.8 Å². The zero-order chi connectivity index (χ0) is 14.2. The van der Waals surface area contributed by atoms with Gasteiger partial charge in [-0.1, -0.05) is 94.1 Å². The van der Waals surface area contributed by atoms with E-state index in [0.29, 0.717) is 4.83 Å². The lowest BCUT2D eigenvalue weighted by molar-refractivity contribution is 0.0230. The first-order valence-electron chi connectivity index (χ1n) is 7.17. The Morgan fingerprint density at radius 1 is 0.950 bits per heavy atom. The molecule has 5 unspecified atom stereocenters. The maximum Gasteiger partial charge on any atom is 0.106 e. The van der Waals surface area contributed by atoms with Gasteiger partial charge in [-0.15, -0.1) is 0 Å². The SMILES string of the molecule is BrC1C2CC3CC(c4ccccc4)(C2)C(Br)(Br)C1(Br)C3. The van der Waals surface area contributed by atoms with Gasteiger partial charge in [0.2, 0.25) is 0 Å². The molecule has 0 spiro atoms. The number of alkyl halides is 4. The molecule has 1 aromatic carbocycles. The van der Waals surface area contributed by atoms with Crippen LogP contribution in [0, 0.1) is 11.8 Å². The Hall–Kier alpha value is 1.14. The maximum absolute atomic E-state index is 4.14. The van der Waals surface area contributed by atoms with Crippen molar-refractivity contribution in [2.24, 2.45) is 11.8 Å². The summed E-state index contributed by atoms with van der Waals surface area (Å²) in [6.07, 6.45) is 5.17. The van der Waals surface area contributed by atoms with Crippen molar-refractivity contribution < 1.29 is 0 Å². The van der Waals surface area contributed by atoms with Crippen molar-refractivity contribution >= 4 is 63.7 Å². The van der Waals surface area contributed by atoms with E-state index >= 15 is 0 Å². The van der Waals surface area contributed by atoms with Crippen molar-refractivity contribution in [3.63, 3.8) is 0 Å². The van der Waals surface area contributed by atoms with E-state index in [4.69, 9.17) is 0 Å². The van der Waals surface area contributed by atoms with Crippen LogP contribution in [-0.4, -0.2) is 12.4 Å². The molecule has 5 rings (SSSR count). The molecule has 4 aliphatic rings. The molecule has 4 saturated carbocycles. The van der Waals surface area contributed by atoms with Crippen molar-refractivity contribution in [1.29, 1.82) is 0 Å². The van der Waals surface area contributed by atoms with Crippen molar-refractivity contribution in [3.8, 4) is 0 Å². The first kappa shape index (κ1) is 14.7. The van der Waals surface area contributed by atoms with Crippen LogP contribution >= 0.6 is 63.7 Å². The van der Waals surface area contributed by atoms with E-state index in [1.54, 1.807) is 0 Å². The van der Waals surface area contributed by atoms with E-state index < -0.39 is 0 Å². The first-order chi connectivity index (χ1) is 9.41. The molecular formula is C16H16Br4. The van der Waals surface area contributed by atoms with Gasteiger partial charge in [0.1, 0.15) is 3.23 Å². The van der Waals surface area contributed by atoms with Crippen LogP contribution in [0.3, 0.4) is 0 Å². The molecule has 1 aromatic rings. The molecule has 20 heavy (non-hydrogen) atoms. The lowest BCUT2D eigenvalue weighted by Crippen LogP contribution is -2.72. The monoisotopic (exact) mass is 524 g/mol. The summed E-state index contributed by atoms with van der Waals surface area (Å²) in [5.41, 5.74) is 1.67. The van der Waals surface area contributed by atoms with E-state index in [9.17, 15) is 0 Å². The Balaban J connectivity index is 1.92. The van der Waals surface area contributed by atoms with Gasteiger partial charge in [0.15, 0.2) is 0 Å². The van der Waals surface area contributed by atoms with Gasteiger partial charge in [-0.25, -0.2) is 0 Å². The number of hydrogen-bond donors (Lipinski definition) is 0. The summed E-state index contributed by atoms with van der Waals surface area (Å²) in [6.45, 7) is 0. The van der Waals surface area contributed by atoms with Crippen LogP contribution in [0.1, 0.15) is 31.2 Å². The number of benzene rings is 1. The van der Waals surface area contributed by atoms with Crippen molar-refractivity contribution in [2.45, 2.75) is 43.5 Å². The molecule has 4 heteroatoms. The highest BCUT2D eigenvalue weighted by atomic mass is 79.9. The average molecular weight is 528 g/mol. The summed E-state index contributed by atoms with van der Waals surface area (Å²) in [5, 5.41) is 0. The third-order valence-electron chi connectivity index (χ3n) is 5.77. The molecule has 0 heterocycles. The molecule has 4 aliphatic carbocycles. The van der Waals surface area contributed by atoms with Crippen LogP contribution < -0.4 is 0 Å². The summed E-state index contributed by atoms with van der Waals surface area (Å²) >= 11 is 16.4. The summed E-state index contributed by atoms with van der Waals surface area (Å²) in [4.78, 5) is 0.530. The Kier molecular flexibility index (Phi) is 3.37. The molecule has 0 aromatic heterocycles. The molecule has 0 saturated heterocycles. The minimum atomic E-state index is -0.0943. The van der Waals surface area contributed by atoms with Crippen LogP contribution in [0.4, 0.5) is 0 Å². The zero-order valence-corrected chi connectivity index (χ0v) is 17.3. The third-order valence-corrected chi connectivity index (χ3v) is 13.3. The van der Waals surface area contributed by atoms with Gasteiger partial charge in [0.25, 0.3) is 0 Å². The molecule has 108 valence electrons. The minimum Gasteiger partial charge on any atom is -0.0872 e. The van der Waals surface area contributed by atoms with Crippen molar-refractivity contribution in [3.05, 3.63) is 35.9 Å². The van der Waals surface area contributed by atoms with E-state index in [1.807, 2.05) is 0 Å². The fraction of sp³-hybridized carbons (Fsp3) is 0.625. The molecule has 0 radical (unpaired) electrons. The molecule has 0 amide bonds.